The fourth-order valence-corrected chi connectivity index (χ4v) is 2.71. The molecule has 2 unspecified atom stereocenters. The van der Waals surface area contributed by atoms with Crippen LogP contribution >= 0.6 is 0 Å². The van der Waals surface area contributed by atoms with Crippen molar-refractivity contribution < 1.29 is 19.7 Å². The number of carbonyl (C=O) groups is 1. The topological polar surface area (TPSA) is 96.6 Å². The number of hydrogen-bond donors (Lipinski definition) is 3. The van der Waals surface area contributed by atoms with E-state index in [1.807, 2.05) is 37.3 Å². The van der Waals surface area contributed by atoms with Crippen molar-refractivity contribution in [3.63, 3.8) is 0 Å². The first kappa shape index (κ1) is 19.9. The van der Waals surface area contributed by atoms with Gasteiger partial charge in [0, 0.05) is 17.8 Å². The number of aliphatic hydroxyl groups excluding tert-OH is 2. The van der Waals surface area contributed by atoms with Crippen molar-refractivity contribution in [2.24, 2.45) is 0 Å². The summed E-state index contributed by atoms with van der Waals surface area (Å²) >= 11 is 0. The molecule has 2 aromatic rings. The third-order valence-corrected chi connectivity index (χ3v) is 3.86. The van der Waals surface area contributed by atoms with Gasteiger partial charge in [0.2, 0.25) is 0 Å². The average molecular weight is 361 g/mol. The molecule has 0 radical (unpaired) electrons. The first-order valence-electron chi connectivity index (χ1n) is 8.54. The van der Waals surface area contributed by atoms with Gasteiger partial charge in [-0.3, -0.25) is 0 Å². The summed E-state index contributed by atoms with van der Waals surface area (Å²) in [5.74, 6) is 0. The lowest BCUT2D eigenvalue weighted by Crippen LogP contribution is -2.39. The van der Waals surface area contributed by atoms with E-state index in [9.17, 15) is 15.0 Å². The minimum atomic E-state index is -1.19. The van der Waals surface area contributed by atoms with Crippen molar-refractivity contribution in [1.82, 2.24) is 15.1 Å². The van der Waals surface area contributed by atoms with E-state index in [1.165, 1.54) is 0 Å². The number of benzene rings is 1. The Hall–Kier alpha value is -2.38. The van der Waals surface area contributed by atoms with Gasteiger partial charge in [-0.15, -0.1) is 0 Å². The fourth-order valence-electron chi connectivity index (χ4n) is 2.71. The summed E-state index contributed by atoms with van der Waals surface area (Å²) in [6.45, 7) is 8.73. The summed E-state index contributed by atoms with van der Waals surface area (Å²) < 4.78 is 6.85. The normalized spacial score (nSPS) is 14.0. The molecule has 0 aliphatic heterocycles. The molecule has 7 heteroatoms. The number of nitrogens with one attached hydrogen (secondary N) is 1. The van der Waals surface area contributed by atoms with Gasteiger partial charge in [0.05, 0.1) is 11.4 Å². The zero-order chi connectivity index (χ0) is 19.5. The molecule has 0 bridgehead atoms. The van der Waals surface area contributed by atoms with Crippen LogP contribution in [0.15, 0.2) is 30.3 Å². The molecule has 7 nitrogen and oxygen atoms in total. The lowest BCUT2D eigenvalue weighted by Gasteiger charge is -2.22. The number of aliphatic hydroxyl groups is 2. The van der Waals surface area contributed by atoms with Crippen LogP contribution in [0, 0.1) is 13.8 Å². The maximum absolute atomic E-state index is 11.7. The Morgan fingerprint density at radius 1 is 1.23 bits per heavy atom. The van der Waals surface area contributed by atoms with E-state index in [1.54, 1.807) is 32.4 Å². The summed E-state index contributed by atoms with van der Waals surface area (Å²) in [6, 6.07) is 9.55. The minimum Gasteiger partial charge on any atom is -0.444 e. The van der Waals surface area contributed by atoms with Gasteiger partial charge in [0.25, 0.3) is 0 Å². The third-order valence-electron chi connectivity index (χ3n) is 3.86. The summed E-state index contributed by atoms with van der Waals surface area (Å²) in [5, 5.41) is 27.8. The highest BCUT2D eigenvalue weighted by atomic mass is 16.6. The molecule has 3 N–H and O–H groups in total. The molecule has 0 aliphatic rings. The van der Waals surface area contributed by atoms with E-state index in [2.05, 4.69) is 10.4 Å². The molecule has 1 aromatic heterocycles. The van der Waals surface area contributed by atoms with Crippen molar-refractivity contribution in [2.75, 3.05) is 6.54 Å². The summed E-state index contributed by atoms with van der Waals surface area (Å²) in [4.78, 5) is 11.7. The van der Waals surface area contributed by atoms with E-state index in [4.69, 9.17) is 4.74 Å². The average Bonchev–Trinajstić information content (AvgIpc) is 2.86. The number of carbonyl (C=O) groups excluding carboxylic acids is 1. The molecule has 0 fully saturated rings. The van der Waals surface area contributed by atoms with E-state index >= 15 is 0 Å². The van der Waals surface area contributed by atoms with Gasteiger partial charge in [-0.25, -0.2) is 9.48 Å². The van der Waals surface area contributed by atoms with Gasteiger partial charge >= 0.3 is 6.09 Å². The Bertz CT molecular complexity index is 750. The van der Waals surface area contributed by atoms with Crippen molar-refractivity contribution in [3.8, 4) is 5.69 Å². The van der Waals surface area contributed by atoms with Gasteiger partial charge in [-0.2, -0.15) is 5.10 Å². The highest BCUT2D eigenvalue weighted by molar-refractivity contribution is 5.67. The number of alkyl carbamates (subject to hydrolysis) is 1. The standard InChI is InChI=1S/C19H27N3O4/c1-12-16(13(2)22(21-12)14-9-7-6-8-10-14)17(24)15(23)11-20-18(25)26-19(3,4)5/h6-10,15,17,23-24H,11H2,1-5H3,(H,20,25). The van der Waals surface area contributed by atoms with E-state index in [0.717, 1.165) is 11.4 Å². The predicted molar refractivity (Wildman–Crippen MR) is 98.2 cm³/mol. The highest BCUT2D eigenvalue weighted by Crippen LogP contribution is 2.26. The molecule has 142 valence electrons. The number of para-hydroxylation sites is 1. The van der Waals surface area contributed by atoms with Crippen LogP contribution in [0.5, 0.6) is 0 Å². The van der Waals surface area contributed by atoms with Crippen LogP contribution in [0.25, 0.3) is 5.69 Å². The molecule has 26 heavy (non-hydrogen) atoms. The van der Waals surface area contributed by atoms with Gasteiger partial charge in [-0.05, 0) is 46.8 Å². The monoisotopic (exact) mass is 361 g/mol. The van der Waals surface area contributed by atoms with Crippen LogP contribution in [0.1, 0.15) is 43.8 Å². The Morgan fingerprint density at radius 2 is 1.85 bits per heavy atom. The van der Waals surface area contributed by atoms with Crippen LogP contribution in [0.3, 0.4) is 0 Å². The summed E-state index contributed by atoms with van der Waals surface area (Å²) in [7, 11) is 0. The van der Waals surface area contributed by atoms with Crippen molar-refractivity contribution in [3.05, 3.63) is 47.3 Å². The van der Waals surface area contributed by atoms with Crippen molar-refractivity contribution in [1.29, 1.82) is 0 Å². The van der Waals surface area contributed by atoms with Crippen molar-refractivity contribution >= 4 is 6.09 Å². The fraction of sp³-hybridized carbons (Fsp3) is 0.474. The number of hydrogen-bond acceptors (Lipinski definition) is 5. The zero-order valence-electron chi connectivity index (χ0n) is 15.9. The Morgan fingerprint density at radius 3 is 2.42 bits per heavy atom. The number of aryl methyl sites for hydroxylation is 1. The van der Waals surface area contributed by atoms with E-state index in [0.29, 0.717) is 11.3 Å². The molecular formula is C19H27N3O4. The number of aromatic nitrogens is 2. The molecule has 1 heterocycles. The molecule has 1 aromatic carbocycles. The second-order valence-corrected chi connectivity index (χ2v) is 7.23. The lowest BCUT2D eigenvalue weighted by molar-refractivity contribution is 0.0123. The van der Waals surface area contributed by atoms with Crippen LogP contribution in [-0.4, -0.2) is 44.3 Å². The SMILES string of the molecule is Cc1nn(-c2ccccc2)c(C)c1C(O)C(O)CNC(=O)OC(C)(C)C. The number of rotatable bonds is 5. The predicted octanol–water partition coefficient (Wildman–Crippen LogP) is 2.41. The van der Waals surface area contributed by atoms with Gasteiger partial charge in [0.15, 0.2) is 0 Å². The molecule has 0 aliphatic carbocycles. The van der Waals surface area contributed by atoms with Crippen LogP contribution in [0.2, 0.25) is 0 Å². The van der Waals surface area contributed by atoms with Crippen LogP contribution in [0.4, 0.5) is 4.79 Å². The second-order valence-electron chi connectivity index (χ2n) is 7.23. The quantitative estimate of drug-likeness (QED) is 0.760. The first-order chi connectivity index (χ1) is 12.1. The molecular weight excluding hydrogens is 334 g/mol. The Kier molecular flexibility index (Phi) is 6.05. The summed E-state index contributed by atoms with van der Waals surface area (Å²) in [6.07, 6.45) is -3.01. The molecule has 0 spiro atoms. The first-order valence-corrected chi connectivity index (χ1v) is 8.54. The molecule has 0 saturated heterocycles. The van der Waals surface area contributed by atoms with Gasteiger partial charge in [-0.1, -0.05) is 18.2 Å². The Balaban J connectivity index is 2.10. The number of nitrogens with zero attached hydrogens (tertiary/aromatic N) is 2. The van der Waals surface area contributed by atoms with E-state index < -0.39 is 23.9 Å². The number of ether oxygens (including phenoxy) is 1. The third kappa shape index (κ3) is 4.83. The zero-order valence-corrected chi connectivity index (χ0v) is 15.9. The second kappa shape index (κ2) is 7.88. The van der Waals surface area contributed by atoms with E-state index in [-0.39, 0.29) is 6.54 Å². The minimum absolute atomic E-state index is 0.133. The smallest absolute Gasteiger partial charge is 0.407 e. The van der Waals surface area contributed by atoms with Gasteiger partial charge < -0.3 is 20.3 Å². The van der Waals surface area contributed by atoms with Crippen LogP contribution < -0.4 is 5.32 Å². The van der Waals surface area contributed by atoms with Crippen LogP contribution in [-0.2, 0) is 4.74 Å². The summed E-state index contributed by atoms with van der Waals surface area (Å²) in [5.41, 5.74) is 2.14. The van der Waals surface area contributed by atoms with Gasteiger partial charge in [0.1, 0.15) is 17.8 Å². The lowest BCUT2D eigenvalue weighted by atomic mass is 10.0. The molecule has 2 atom stereocenters. The molecule has 2 rings (SSSR count). The Labute approximate surface area is 153 Å². The largest absolute Gasteiger partial charge is 0.444 e. The molecule has 0 saturated carbocycles. The number of amides is 1. The molecule has 1 amide bonds. The highest BCUT2D eigenvalue weighted by Gasteiger charge is 2.27. The van der Waals surface area contributed by atoms with Crippen molar-refractivity contribution in [2.45, 2.75) is 52.4 Å². The maximum atomic E-state index is 11.7. The maximum Gasteiger partial charge on any atom is 0.407 e.